The summed E-state index contributed by atoms with van der Waals surface area (Å²) in [6.45, 7) is 3.63. The van der Waals surface area contributed by atoms with E-state index in [4.69, 9.17) is 0 Å². The predicted octanol–water partition coefficient (Wildman–Crippen LogP) is 3.07. The van der Waals surface area contributed by atoms with Crippen LogP contribution in [-0.4, -0.2) is 36.2 Å². The van der Waals surface area contributed by atoms with E-state index in [0.29, 0.717) is 6.42 Å². The molecule has 0 aliphatic rings. The summed E-state index contributed by atoms with van der Waals surface area (Å²) in [6.07, 6.45) is 4.07. The molecule has 3 rings (SSSR count). The van der Waals surface area contributed by atoms with Gasteiger partial charge in [0.05, 0.1) is 22.9 Å². The van der Waals surface area contributed by atoms with Gasteiger partial charge < -0.3 is 5.11 Å². The number of hydrogen-bond acceptors (Lipinski definition) is 5. The van der Waals surface area contributed by atoms with Crippen LogP contribution in [0, 0.1) is 0 Å². The molecule has 2 heterocycles. The molecule has 0 aliphatic heterocycles. The molecular formula is C16H18N4OS. The second-order valence-electron chi connectivity index (χ2n) is 5.72. The van der Waals surface area contributed by atoms with E-state index in [9.17, 15) is 5.11 Å². The van der Waals surface area contributed by atoms with Gasteiger partial charge in [0.25, 0.3) is 0 Å². The minimum atomic E-state index is -0.659. The maximum Gasteiger partial charge on any atom is 0.167 e. The van der Waals surface area contributed by atoms with Crippen molar-refractivity contribution in [3.8, 4) is 5.69 Å². The van der Waals surface area contributed by atoms with Crippen molar-refractivity contribution in [3.05, 3.63) is 42.9 Å². The monoisotopic (exact) mass is 314 g/mol. The number of fused-ring (bicyclic) bond motifs is 1. The van der Waals surface area contributed by atoms with Crippen LogP contribution in [0.2, 0.25) is 0 Å². The van der Waals surface area contributed by atoms with E-state index in [-0.39, 0.29) is 0 Å². The normalized spacial score (nSPS) is 12.0. The molecule has 0 aliphatic carbocycles. The van der Waals surface area contributed by atoms with Crippen molar-refractivity contribution in [2.75, 3.05) is 5.75 Å². The minimum absolute atomic E-state index is 0.659. The molecule has 22 heavy (non-hydrogen) atoms. The Kier molecular flexibility index (Phi) is 4.13. The molecule has 0 unspecified atom stereocenters. The third kappa shape index (κ3) is 3.28. The maximum absolute atomic E-state index is 9.80. The van der Waals surface area contributed by atoms with Crippen molar-refractivity contribution in [1.82, 2.24) is 19.7 Å². The summed E-state index contributed by atoms with van der Waals surface area (Å²) >= 11 is 1.62. The summed E-state index contributed by atoms with van der Waals surface area (Å²) in [7, 11) is 0. The number of benzene rings is 1. The van der Waals surface area contributed by atoms with Gasteiger partial charge in [-0.3, -0.25) is 0 Å². The van der Waals surface area contributed by atoms with Crippen LogP contribution in [0.25, 0.3) is 16.7 Å². The first-order chi connectivity index (χ1) is 10.5. The summed E-state index contributed by atoms with van der Waals surface area (Å²) in [6, 6.07) is 9.92. The van der Waals surface area contributed by atoms with Gasteiger partial charge in [-0.25, -0.2) is 14.6 Å². The Morgan fingerprint density at radius 2 is 1.95 bits per heavy atom. The second kappa shape index (κ2) is 6.06. The molecular weight excluding hydrogens is 296 g/mol. The van der Waals surface area contributed by atoms with Gasteiger partial charge in [-0.15, -0.1) is 11.8 Å². The molecule has 0 saturated heterocycles. The third-order valence-electron chi connectivity index (χ3n) is 3.28. The average molecular weight is 314 g/mol. The molecule has 3 aromatic rings. The Balaban J connectivity index is 1.89. The molecule has 6 heteroatoms. The van der Waals surface area contributed by atoms with Crippen LogP contribution in [0.1, 0.15) is 20.3 Å². The molecule has 0 bridgehead atoms. The number of aromatic nitrogens is 4. The van der Waals surface area contributed by atoms with Crippen molar-refractivity contribution in [2.24, 2.45) is 0 Å². The van der Waals surface area contributed by atoms with E-state index in [1.54, 1.807) is 24.3 Å². The zero-order valence-corrected chi connectivity index (χ0v) is 13.4. The first-order valence-corrected chi connectivity index (χ1v) is 8.12. The summed E-state index contributed by atoms with van der Waals surface area (Å²) in [5, 5.41) is 16.1. The van der Waals surface area contributed by atoms with Gasteiger partial charge >= 0.3 is 0 Å². The Morgan fingerprint density at radius 3 is 2.68 bits per heavy atom. The standard InChI is InChI=1S/C16H18N4OS/c1-16(2,21)8-9-22-15-13-10-19-20(14(13)17-11-18-15)12-6-4-3-5-7-12/h3-7,10-11,21H,8-9H2,1-2H3. The number of aliphatic hydroxyl groups is 1. The number of para-hydroxylation sites is 1. The average Bonchev–Trinajstić information content (AvgIpc) is 2.92. The fourth-order valence-corrected chi connectivity index (χ4v) is 3.31. The summed E-state index contributed by atoms with van der Waals surface area (Å²) in [5.41, 5.74) is 1.11. The lowest BCUT2D eigenvalue weighted by molar-refractivity contribution is 0.0777. The molecule has 1 aromatic carbocycles. The van der Waals surface area contributed by atoms with Crippen LogP contribution in [-0.2, 0) is 0 Å². The van der Waals surface area contributed by atoms with Crippen molar-refractivity contribution in [2.45, 2.75) is 30.9 Å². The largest absolute Gasteiger partial charge is 0.390 e. The van der Waals surface area contributed by atoms with E-state index in [1.807, 2.05) is 48.9 Å². The highest BCUT2D eigenvalue weighted by Crippen LogP contribution is 2.27. The highest BCUT2D eigenvalue weighted by molar-refractivity contribution is 7.99. The van der Waals surface area contributed by atoms with Crippen molar-refractivity contribution < 1.29 is 5.11 Å². The number of hydrogen-bond donors (Lipinski definition) is 1. The molecule has 0 radical (unpaired) electrons. The molecule has 114 valence electrons. The van der Waals surface area contributed by atoms with Gasteiger partial charge in [0.15, 0.2) is 5.65 Å². The SMILES string of the molecule is CC(C)(O)CCSc1ncnc2c1cnn2-c1ccccc1. The highest BCUT2D eigenvalue weighted by Gasteiger charge is 2.15. The van der Waals surface area contributed by atoms with Gasteiger partial charge in [0.2, 0.25) is 0 Å². The van der Waals surface area contributed by atoms with Crippen LogP contribution < -0.4 is 0 Å². The predicted molar refractivity (Wildman–Crippen MR) is 88.3 cm³/mol. The Hall–Kier alpha value is -1.92. The van der Waals surface area contributed by atoms with Crippen LogP contribution in [0.3, 0.4) is 0 Å². The lowest BCUT2D eigenvalue weighted by Gasteiger charge is -2.15. The molecule has 0 amide bonds. The second-order valence-corrected chi connectivity index (χ2v) is 6.80. The smallest absolute Gasteiger partial charge is 0.167 e. The van der Waals surface area contributed by atoms with E-state index in [1.165, 1.54) is 0 Å². The number of thioether (sulfide) groups is 1. The Morgan fingerprint density at radius 1 is 1.18 bits per heavy atom. The van der Waals surface area contributed by atoms with Crippen molar-refractivity contribution >= 4 is 22.8 Å². The summed E-state index contributed by atoms with van der Waals surface area (Å²) in [4.78, 5) is 8.71. The van der Waals surface area contributed by atoms with E-state index >= 15 is 0 Å². The summed E-state index contributed by atoms with van der Waals surface area (Å²) < 4.78 is 1.82. The fraction of sp³-hybridized carbons (Fsp3) is 0.312. The third-order valence-corrected chi connectivity index (χ3v) is 4.29. The Bertz CT molecular complexity index is 765. The minimum Gasteiger partial charge on any atom is -0.390 e. The van der Waals surface area contributed by atoms with E-state index < -0.39 is 5.60 Å². The van der Waals surface area contributed by atoms with Crippen molar-refractivity contribution in [1.29, 1.82) is 0 Å². The fourth-order valence-electron chi connectivity index (χ4n) is 2.09. The van der Waals surface area contributed by atoms with Crippen LogP contribution >= 0.6 is 11.8 Å². The molecule has 0 atom stereocenters. The van der Waals surface area contributed by atoms with Gasteiger partial charge in [0, 0.05) is 5.75 Å². The van der Waals surface area contributed by atoms with Crippen LogP contribution in [0.5, 0.6) is 0 Å². The lowest BCUT2D eigenvalue weighted by atomic mass is 10.1. The molecule has 5 nitrogen and oxygen atoms in total. The zero-order valence-electron chi connectivity index (χ0n) is 12.6. The molecule has 0 spiro atoms. The molecule has 0 fully saturated rings. The van der Waals surface area contributed by atoms with Gasteiger partial charge in [0.1, 0.15) is 11.4 Å². The molecule has 1 N–H and O–H groups in total. The van der Waals surface area contributed by atoms with Crippen molar-refractivity contribution in [3.63, 3.8) is 0 Å². The van der Waals surface area contributed by atoms with E-state index in [2.05, 4.69) is 15.1 Å². The molecule has 0 saturated carbocycles. The number of nitrogens with zero attached hydrogens (tertiary/aromatic N) is 4. The van der Waals surface area contributed by atoms with Gasteiger partial charge in [-0.1, -0.05) is 18.2 Å². The lowest BCUT2D eigenvalue weighted by Crippen LogP contribution is -2.19. The van der Waals surface area contributed by atoms with Crippen LogP contribution in [0.15, 0.2) is 47.9 Å². The maximum atomic E-state index is 9.80. The van der Waals surface area contributed by atoms with Crippen LogP contribution in [0.4, 0.5) is 0 Å². The van der Waals surface area contributed by atoms with Gasteiger partial charge in [-0.2, -0.15) is 5.10 Å². The number of rotatable bonds is 5. The Labute approximate surface area is 133 Å². The van der Waals surface area contributed by atoms with E-state index in [0.717, 1.165) is 27.5 Å². The zero-order chi connectivity index (χ0) is 15.6. The highest BCUT2D eigenvalue weighted by atomic mass is 32.2. The first-order valence-electron chi connectivity index (χ1n) is 7.14. The quantitative estimate of drug-likeness (QED) is 0.579. The topological polar surface area (TPSA) is 63.8 Å². The summed E-state index contributed by atoms with van der Waals surface area (Å²) in [5.74, 6) is 0.798. The van der Waals surface area contributed by atoms with Gasteiger partial charge in [-0.05, 0) is 32.4 Å². The molecule has 2 aromatic heterocycles. The first kappa shape index (κ1) is 15.0.